The Labute approximate surface area is 87.8 Å². The molecule has 0 amide bonds. The summed E-state index contributed by atoms with van der Waals surface area (Å²) in [6.45, 7) is 7.20. The molecule has 2 aliphatic heterocycles. The van der Waals surface area contributed by atoms with Gasteiger partial charge in [-0.25, -0.2) is 0 Å². The summed E-state index contributed by atoms with van der Waals surface area (Å²) in [5.41, 5.74) is 0.446. The maximum Gasteiger partial charge on any atom is 0.0219 e. The van der Waals surface area contributed by atoms with Crippen LogP contribution in [0.1, 0.15) is 46.0 Å². The summed E-state index contributed by atoms with van der Waals surface area (Å²) >= 11 is 0. The Bertz CT molecular complexity index is 177. The van der Waals surface area contributed by atoms with Crippen LogP contribution in [0, 0.1) is 5.92 Å². The van der Waals surface area contributed by atoms with Crippen molar-refractivity contribution >= 4 is 0 Å². The number of rotatable bonds is 3. The van der Waals surface area contributed by atoms with Crippen LogP contribution in [-0.2, 0) is 0 Å². The average molecular weight is 196 g/mol. The molecule has 2 saturated heterocycles. The van der Waals surface area contributed by atoms with Gasteiger partial charge in [-0.05, 0) is 51.1 Å². The zero-order valence-electron chi connectivity index (χ0n) is 9.60. The molecule has 2 fully saturated rings. The van der Waals surface area contributed by atoms with Crippen LogP contribution in [0.5, 0.6) is 0 Å². The van der Waals surface area contributed by atoms with Gasteiger partial charge in [0.15, 0.2) is 0 Å². The van der Waals surface area contributed by atoms with Crippen molar-refractivity contribution in [1.82, 2.24) is 10.6 Å². The molecule has 0 spiro atoms. The molecule has 0 aromatic heterocycles. The van der Waals surface area contributed by atoms with Gasteiger partial charge in [-0.15, -0.1) is 0 Å². The molecule has 2 N–H and O–H groups in total. The molecule has 2 heterocycles. The molecule has 14 heavy (non-hydrogen) atoms. The Balaban J connectivity index is 1.96. The van der Waals surface area contributed by atoms with Crippen LogP contribution in [0.15, 0.2) is 0 Å². The third-order valence-electron chi connectivity index (χ3n) is 4.15. The van der Waals surface area contributed by atoms with Gasteiger partial charge in [0.05, 0.1) is 0 Å². The highest BCUT2D eigenvalue weighted by Gasteiger charge is 2.38. The third kappa shape index (κ3) is 1.96. The van der Waals surface area contributed by atoms with Gasteiger partial charge in [-0.1, -0.05) is 13.8 Å². The van der Waals surface area contributed by atoms with Crippen LogP contribution < -0.4 is 10.6 Å². The predicted octanol–water partition coefficient (Wildman–Crippen LogP) is 1.91. The summed E-state index contributed by atoms with van der Waals surface area (Å²) in [5.74, 6) is 0.771. The lowest BCUT2D eigenvalue weighted by Crippen LogP contribution is -2.48. The second-order valence-corrected chi connectivity index (χ2v) is 5.34. The number of nitrogens with one attached hydrogen (secondary N) is 2. The van der Waals surface area contributed by atoms with E-state index < -0.39 is 0 Å². The Kier molecular flexibility index (Phi) is 3.13. The van der Waals surface area contributed by atoms with E-state index >= 15 is 0 Å². The first-order chi connectivity index (χ1) is 6.73. The molecule has 0 aromatic carbocycles. The summed E-state index contributed by atoms with van der Waals surface area (Å²) in [7, 11) is 0. The Morgan fingerprint density at radius 3 is 2.64 bits per heavy atom. The van der Waals surface area contributed by atoms with E-state index in [9.17, 15) is 0 Å². The van der Waals surface area contributed by atoms with E-state index in [0.717, 1.165) is 12.0 Å². The average Bonchev–Trinajstić information content (AvgIpc) is 2.76. The fraction of sp³-hybridized carbons (Fsp3) is 1.00. The van der Waals surface area contributed by atoms with Gasteiger partial charge >= 0.3 is 0 Å². The van der Waals surface area contributed by atoms with E-state index in [4.69, 9.17) is 0 Å². The molecule has 2 atom stereocenters. The first-order valence-electron chi connectivity index (χ1n) is 6.21. The minimum absolute atomic E-state index is 0.446. The second-order valence-electron chi connectivity index (χ2n) is 5.34. The Morgan fingerprint density at radius 2 is 2.14 bits per heavy atom. The van der Waals surface area contributed by atoms with Crippen molar-refractivity contribution in [3.05, 3.63) is 0 Å². The quantitative estimate of drug-likeness (QED) is 0.720. The summed E-state index contributed by atoms with van der Waals surface area (Å²) in [6.07, 6.45) is 6.84. The van der Waals surface area contributed by atoms with Gasteiger partial charge in [-0.2, -0.15) is 0 Å². The minimum Gasteiger partial charge on any atom is -0.314 e. The van der Waals surface area contributed by atoms with Crippen molar-refractivity contribution in [2.45, 2.75) is 57.5 Å². The molecule has 2 rings (SSSR count). The SMILES string of the molecule is CC(C)C1(CC2CCCN2)CCCN1. The van der Waals surface area contributed by atoms with Crippen LogP contribution >= 0.6 is 0 Å². The lowest BCUT2D eigenvalue weighted by atomic mass is 9.79. The largest absolute Gasteiger partial charge is 0.314 e. The Morgan fingerprint density at radius 1 is 1.29 bits per heavy atom. The topological polar surface area (TPSA) is 24.1 Å². The van der Waals surface area contributed by atoms with Gasteiger partial charge in [0.2, 0.25) is 0 Å². The molecule has 2 aliphatic rings. The molecule has 0 aliphatic carbocycles. The van der Waals surface area contributed by atoms with E-state index in [1.807, 2.05) is 0 Å². The molecule has 2 nitrogen and oxygen atoms in total. The van der Waals surface area contributed by atoms with Crippen molar-refractivity contribution < 1.29 is 0 Å². The first kappa shape index (κ1) is 10.4. The molecular formula is C12H24N2. The second kappa shape index (κ2) is 4.19. The summed E-state index contributed by atoms with van der Waals surface area (Å²) in [5, 5.41) is 7.38. The standard InChI is InChI=1S/C12H24N2/c1-10(2)12(6-4-8-14-12)9-11-5-3-7-13-11/h10-11,13-14H,3-9H2,1-2H3. The monoisotopic (exact) mass is 196 g/mol. The van der Waals surface area contributed by atoms with Crippen molar-refractivity contribution in [3.8, 4) is 0 Å². The smallest absolute Gasteiger partial charge is 0.0219 e. The summed E-state index contributed by atoms with van der Waals surface area (Å²) < 4.78 is 0. The fourth-order valence-electron chi connectivity index (χ4n) is 3.10. The summed E-state index contributed by atoms with van der Waals surface area (Å²) in [6, 6.07) is 0.781. The molecule has 0 saturated carbocycles. The van der Waals surface area contributed by atoms with E-state index in [1.165, 1.54) is 45.2 Å². The van der Waals surface area contributed by atoms with E-state index in [-0.39, 0.29) is 0 Å². The van der Waals surface area contributed by atoms with Gasteiger partial charge in [0.25, 0.3) is 0 Å². The zero-order valence-corrected chi connectivity index (χ0v) is 9.60. The van der Waals surface area contributed by atoms with Gasteiger partial charge in [-0.3, -0.25) is 0 Å². The highest BCUT2D eigenvalue weighted by atomic mass is 15.0. The van der Waals surface area contributed by atoms with Gasteiger partial charge in [0, 0.05) is 11.6 Å². The fourth-order valence-corrected chi connectivity index (χ4v) is 3.10. The van der Waals surface area contributed by atoms with Crippen LogP contribution in [0.3, 0.4) is 0 Å². The van der Waals surface area contributed by atoms with Crippen LogP contribution in [0.25, 0.3) is 0 Å². The Hall–Kier alpha value is -0.0800. The van der Waals surface area contributed by atoms with Crippen LogP contribution in [-0.4, -0.2) is 24.7 Å². The highest BCUT2D eigenvalue weighted by Crippen LogP contribution is 2.33. The number of hydrogen-bond acceptors (Lipinski definition) is 2. The number of hydrogen-bond donors (Lipinski definition) is 2. The van der Waals surface area contributed by atoms with E-state index in [2.05, 4.69) is 24.5 Å². The maximum atomic E-state index is 3.76. The van der Waals surface area contributed by atoms with Crippen molar-refractivity contribution in [1.29, 1.82) is 0 Å². The van der Waals surface area contributed by atoms with Crippen LogP contribution in [0.4, 0.5) is 0 Å². The molecule has 2 unspecified atom stereocenters. The van der Waals surface area contributed by atoms with Crippen molar-refractivity contribution in [2.24, 2.45) is 5.92 Å². The molecule has 0 bridgehead atoms. The van der Waals surface area contributed by atoms with Crippen molar-refractivity contribution in [3.63, 3.8) is 0 Å². The molecule has 82 valence electrons. The molecule has 0 radical (unpaired) electrons. The van der Waals surface area contributed by atoms with Crippen molar-refractivity contribution in [2.75, 3.05) is 13.1 Å². The first-order valence-corrected chi connectivity index (χ1v) is 6.21. The van der Waals surface area contributed by atoms with Crippen LogP contribution in [0.2, 0.25) is 0 Å². The zero-order chi connectivity index (χ0) is 10.0. The van der Waals surface area contributed by atoms with Gasteiger partial charge < -0.3 is 10.6 Å². The molecule has 2 heteroatoms. The molecular weight excluding hydrogens is 172 g/mol. The maximum absolute atomic E-state index is 3.76. The summed E-state index contributed by atoms with van der Waals surface area (Å²) in [4.78, 5) is 0. The molecule has 0 aromatic rings. The minimum atomic E-state index is 0.446. The predicted molar refractivity (Wildman–Crippen MR) is 60.4 cm³/mol. The highest BCUT2D eigenvalue weighted by molar-refractivity contribution is 4.99. The van der Waals surface area contributed by atoms with E-state index in [0.29, 0.717) is 5.54 Å². The van der Waals surface area contributed by atoms with Gasteiger partial charge in [0.1, 0.15) is 0 Å². The third-order valence-corrected chi connectivity index (χ3v) is 4.15. The van der Waals surface area contributed by atoms with E-state index in [1.54, 1.807) is 0 Å². The lowest BCUT2D eigenvalue weighted by molar-refractivity contribution is 0.228. The lowest BCUT2D eigenvalue weighted by Gasteiger charge is -2.36. The normalized spacial score (nSPS) is 38.4.